The molecule has 0 amide bonds. The molecular weight excluding hydrogens is 226 g/mol. The topological polar surface area (TPSA) is 12.4 Å². The Balaban J connectivity index is -0.000000285. The number of thiophene rings is 1. The minimum absolute atomic E-state index is 0.981. The Kier molecular flexibility index (Phi) is 19.0. The number of aryl methyl sites for hydroxylation is 1. The highest BCUT2D eigenvalue weighted by Crippen LogP contribution is 2.33. The summed E-state index contributed by atoms with van der Waals surface area (Å²) in [6.45, 7) is 23.4. The van der Waals surface area contributed by atoms with Crippen molar-refractivity contribution in [3.8, 4) is 0 Å². The minimum atomic E-state index is 0.981. The van der Waals surface area contributed by atoms with Gasteiger partial charge in [0.1, 0.15) is 5.00 Å². The van der Waals surface area contributed by atoms with Crippen molar-refractivity contribution >= 4 is 28.6 Å². The Morgan fingerprint density at radius 1 is 1.12 bits per heavy atom. The summed E-state index contributed by atoms with van der Waals surface area (Å²) in [5, 5.41) is 0.981. The summed E-state index contributed by atoms with van der Waals surface area (Å²) in [5.41, 5.74) is 2.18. The third kappa shape index (κ3) is 8.87. The highest BCUT2D eigenvalue weighted by molar-refractivity contribution is 7.16. The van der Waals surface area contributed by atoms with Gasteiger partial charge in [0.2, 0.25) is 0 Å². The fourth-order valence-electron chi connectivity index (χ4n) is 0.925. The smallest absolute Gasteiger partial charge is 0.122 e. The van der Waals surface area contributed by atoms with Crippen molar-refractivity contribution in [2.45, 2.75) is 55.4 Å². The summed E-state index contributed by atoms with van der Waals surface area (Å²) in [6, 6.07) is 2.09. The summed E-state index contributed by atoms with van der Waals surface area (Å²) < 4.78 is 0. The molecule has 0 atom stereocenters. The molecule has 0 aliphatic carbocycles. The first-order valence-corrected chi connectivity index (χ1v) is 7.20. The van der Waals surface area contributed by atoms with Crippen molar-refractivity contribution in [1.29, 1.82) is 0 Å². The van der Waals surface area contributed by atoms with Crippen molar-refractivity contribution in [2.75, 3.05) is 0 Å². The van der Waals surface area contributed by atoms with Crippen molar-refractivity contribution in [1.82, 2.24) is 0 Å². The van der Waals surface area contributed by atoms with Gasteiger partial charge in [-0.1, -0.05) is 48.1 Å². The van der Waals surface area contributed by atoms with Crippen LogP contribution in [0.4, 0.5) is 5.00 Å². The van der Waals surface area contributed by atoms with Crippen LogP contribution < -0.4 is 0 Å². The molecule has 1 aromatic rings. The zero-order chi connectivity index (χ0) is 14.4. The Bertz CT molecular complexity index is 298. The van der Waals surface area contributed by atoms with E-state index in [1.54, 1.807) is 11.3 Å². The molecule has 0 N–H and O–H groups in total. The van der Waals surface area contributed by atoms with Crippen molar-refractivity contribution in [3.05, 3.63) is 23.1 Å². The van der Waals surface area contributed by atoms with Crippen LogP contribution in [0.25, 0.3) is 5.57 Å². The lowest BCUT2D eigenvalue weighted by molar-refractivity contribution is 1.50. The first kappa shape index (κ1) is 21.4. The van der Waals surface area contributed by atoms with Gasteiger partial charge >= 0.3 is 0 Å². The average Bonchev–Trinajstić information content (AvgIpc) is 2.78. The van der Waals surface area contributed by atoms with E-state index in [2.05, 4.69) is 31.3 Å². The van der Waals surface area contributed by atoms with Gasteiger partial charge in [0.25, 0.3) is 0 Å². The van der Waals surface area contributed by atoms with E-state index in [1.165, 1.54) is 4.88 Å². The highest BCUT2D eigenvalue weighted by atomic mass is 32.1. The van der Waals surface area contributed by atoms with E-state index in [1.807, 2.05) is 48.5 Å². The Morgan fingerprint density at radius 3 is 1.76 bits per heavy atom. The number of aliphatic imine (C=N–C) groups is 1. The normalized spacial score (nSPS) is 7.29. The van der Waals surface area contributed by atoms with Crippen LogP contribution in [0.1, 0.15) is 58.9 Å². The molecule has 0 fully saturated rings. The van der Waals surface area contributed by atoms with Gasteiger partial charge in [0.15, 0.2) is 0 Å². The second-order valence-corrected chi connectivity index (χ2v) is 3.75. The molecule has 0 radical (unpaired) electrons. The SMILES string of the molecule is C=Nc1sc(C)cc1C(=C)C.CC.CC.CC. The lowest BCUT2D eigenvalue weighted by Gasteiger charge is -1.93. The number of allylic oxidation sites excluding steroid dienone is 1. The predicted molar refractivity (Wildman–Crippen MR) is 87.0 cm³/mol. The van der Waals surface area contributed by atoms with Gasteiger partial charge in [-0.3, -0.25) is 4.99 Å². The van der Waals surface area contributed by atoms with Crippen LogP contribution in [0.15, 0.2) is 17.6 Å². The number of nitrogens with zero attached hydrogens (tertiary/aromatic N) is 1. The molecule has 1 nitrogen and oxygen atoms in total. The molecule has 0 saturated carbocycles. The standard InChI is InChI=1S/C9H11NS.3C2H6/c1-6(2)8-5-7(3)11-9(8)10-4;3*1-2/h5H,1,4H2,2-3H3;3*1-2H3. The largest absolute Gasteiger partial charge is 0.253 e. The second-order valence-electron chi connectivity index (χ2n) is 2.51. The molecule has 1 heterocycles. The van der Waals surface area contributed by atoms with Crippen LogP contribution in [-0.4, -0.2) is 6.72 Å². The van der Waals surface area contributed by atoms with Crippen LogP contribution >= 0.6 is 11.3 Å². The fraction of sp³-hybridized carbons (Fsp3) is 0.533. The van der Waals surface area contributed by atoms with E-state index in [0.29, 0.717) is 0 Å². The number of hydrogen-bond acceptors (Lipinski definition) is 2. The molecule has 0 aliphatic heterocycles. The van der Waals surface area contributed by atoms with Gasteiger partial charge in [-0.25, -0.2) is 0 Å². The predicted octanol–water partition coefficient (Wildman–Crippen LogP) is 6.50. The van der Waals surface area contributed by atoms with Crippen LogP contribution in [-0.2, 0) is 0 Å². The van der Waals surface area contributed by atoms with Crippen molar-refractivity contribution in [2.24, 2.45) is 4.99 Å². The molecule has 1 rings (SSSR count). The van der Waals surface area contributed by atoms with Crippen LogP contribution in [0.3, 0.4) is 0 Å². The van der Waals surface area contributed by atoms with Crippen LogP contribution in [0.5, 0.6) is 0 Å². The van der Waals surface area contributed by atoms with Crippen molar-refractivity contribution in [3.63, 3.8) is 0 Å². The van der Waals surface area contributed by atoms with Gasteiger partial charge in [0.05, 0.1) is 0 Å². The second kappa shape index (κ2) is 15.1. The lowest BCUT2D eigenvalue weighted by Crippen LogP contribution is -1.69. The molecular formula is C15H29NS. The van der Waals surface area contributed by atoms with E-state index in [9.17, 15) is 0 Å². The first-order valence-electron chi connectivity index (χ1n) is 6.38. The van der Waals surface area contributed by atoms with E-state index < -0.39 is 0 Å². The molecule has 0 aromatic carbocycles. The van der Waals surface area contributed by atoms with Gasteiger partial charge < -0.3 is 0 Å². The summed E-state index contributed by atoms with van der Waals surface area (Å²) in [6.07, 6.45) is 0. The maximum absolute atomic E-state index is 3.92. The third-order valence-corrected chi connectivity index (χ3v) is 2.42. The maximum atomic E-state index is 3.92. The van der Waals surface area contributed by atoms with Crippen LogP contribution in [0.2, 0.25) is 0 Å². The molecule has 0 aliphatic rings. The highest BCUT2D eigenvalue weighted by Gasteiger charge is 2.04. The monoisotopic (exact) mass is 255 g/mol. The fourth-order valence-corrected chi connectivity index (χ4v) is 1.81. The molecule has 17 heavy (non-hydrogen) atoms. The van der Waals surface area contributed by atoms with E-state index in [4.69, 9.17) is 0 Å². The summed E-state index contributed by atoms with van der Waals surface area (Å²) >= 11 is 1.65. The lowest BCUT2D eigenvalue weighted by atomic mass is 10.2. The Labute approximate surface area is 112 Å². The molecule has 100 valence electrons. The van der Waals surface area contributed by atoms with Crippen LogP contribution in [0, 0.1) is 6.92 Å². The minimum Gasteiger partial charge on any atom is -0.253 e. The molecule has 0 unspecified atom stereocenters. The Morgan fingerprint density at radius 2 is 1.53 bits per heavy atom. The first-order chi connectivity index (χ1) is 8.15. The molecule has 0 spiro atoms. The zero-order valence-corrected chi connectivity index (χ0v) is 13.7. The summed E-state index contributed by atoms with van der Waals surface area (Å²) in [4.78, 5) is 5.18. The number of hydrogen-bond donors (Lipinski definition) is 0. The van der Waals surface area contributed by atoms with Gasteiger partial charge in [-0.15, -0.1) is 11.3 Å². The molecule has 0 bridgehead atoms. The van der Waals surface area contributed by atoms with Crippen molar-refractivity contribution < 1.29 is 0 Å². The van der Waals surface area contributed by atoms with Gasteiger partial charge in [-0.05, 0) is 32.2 Å². The maximum Gasteiger partial charge on any atom is 0.122 e. The summed E-state index contributed by atoms with van der Waals surface area (Å²) in [7, 11) is 0. The molecule has 1 aromatic heterocycles. The zero-order valence-electron chi connectivity index (χ0n) is 12.8. The van der Waals surface area contributed by atoms with E-state index in [-0.39, 0.29) is 0 Å². The van der Waals surface area contributed by atoms with Gasteiger partial charge in [-0.2, -0.15) is 0 Å². The Hall–Kier alpha value is -0.890. The average molecular weight is 255 g/mol. The summed E-state index contributed by atoms with van der Waals surface area (Å²) in [5.74, 6) is 0. The molecule has 2 heteroatoms. The molecule has 0 saturated heterocycles. The quantitative estimate of drug-likeness (QED) is 0.535. The van der Waals surface area contributed by atoms with E-state index in [0.717, 1.165) is 16.1 Å². The van der Waals surface area contributed by atoms with E-state index >= 15 is 0 Å². The van der Waals surface area contributed by atoms with Gasteiger partial charge in [0, 0.05) is 10.4 Å². The number of rotatable bonds is 2. The third-order valence-electron chi connectivity index (χ3n) is 1.44.